The maximum absolute atomic E-state index is 13.7. The van der Waals surface area contributed by atoms with Gasteiger partial charge in [-0.1, -0.05) is 38.1 Å². The van der Waals surface area contributed by atoms with Crippen molar-refractivity contribution in [2.24, 2.45) is 5.92 Å². The van der Waals surface area contributed by atoms with Crippen LogP contribution in [0.2, 0.25) is 0 Å². The Morgan fingerprint density at radius 3 is 2.34 bits per heavy atom. The Kier molecular flexibility index (Phi) is 7.73. The number of carbonyl (C=O) groups excluding carboxylic acids is 1. The number of hydrogen-bond acceptors (Lipinski definition) is 5. The molecule has 0 saturated heterocycles. The lowest BCUT2D eigenvalue weighted by molar-refractivity contribution is -0.150. The number of aromatic amines is 1. The van der Waals surface area contributed by atoms with Gasteiger partial charge < -0.3 is 20.5 Å². The Labute approximate surface area is 218 Å². The number of H-pyrrole nitrogens is 1. The van der Waals surface area contributed by atoms with E-state index in [9.17, 15) is 22.8 Å². The number of alkyl halides is 3. The number of hydrogen-bond donors (Lipinski definition) is 3. The molecule has 4 rings (SSSR count). The van der Waals surface area contributed by atoms with Gasteiger partial charge in [0.05, 0.1) is 10.9 Å². The quantitative estimate of drug-likeness (QED) is 0.281. The maximum Gasteiger partial charge on any atom is 0.408 e. The van der Waals surface area contributed by atoms with Gasteiger partial charge in [-0.05, 0) is 55.4 Å². The lowest BCUT2D eigenvalue weighted by Crippen LogP contribution is -2.40. The largest absolute Gasteiger partial charge is 0.408 e. The average molecular weight is 526 g/mol. The number of anilines is 1. The number of halogens is 3. The van der Waals surface area contributed by atoms with Crippen LogP contribution in [0.4, 0.5) is 19.0 Å². The van der Waals surface area contributed by atoms with Crippen molar-refractivity contribution >= 4 is 33.4 Å². The summed E-state index contributed by atoms with van der Waals surface area (Å²) in [5.74, 6) is -0.856. The van der Waals surface area contributed by atoms with Gasteiger partial charge in [-0.3, -0.25) is 9.59 Å². The lowest BCUT2D eigenvalue weighted by Gasteiger charge is -2.26. The number of fused-ring (bicyclic) bond motifs is 3. The molecule has 38 heavy (non-hydrogen) atoms. The molecule has 4 aromatic rings. The zero-order valence-electron chi connectivity index (χ0n) is 21.6. The second-order valence-corrected chi connectivity index (χ2v) is 9.83. The van der Waals surface area contributed by atoms with Gasteiger partial charge in [-0.25, -0.2) is 4.98 Å². The summed E-state index contributed by atoms with van der Waals surface area (Å²) in [5, 5.41) is 6.62. The van der Waals surface area contributed by atoms with E-state index in [0.29, 0.717) is 28.3 Å². The summed E-state index contributed by atoms with van der Waals surface area (Å²) in [7, 11) is 3.85. The van der Waals surface area contributed by atoms with E-state index in [1.54, 1.807) is 48.5 Å². The topological polar surface area (TPSA) is 90.1 Å². The molecule has 0 aliphatic carbocycles. The van der Waals surface area contributed by atoms with Crippen molar-refractivity contribution in [2.45, 2.75) is 26.1 Å². The molecule has 0 radical (unpaired) electrons. The second kappa shape index (κ2) is 10.8. The van der Waals surface area contributed by atoms with E-state index in [1.165, 1.54) is 20.0 Å². The number of likely N-dealkylation sites (N-methyl/N-ethyl adjacent to an activating group) is 1. The molecule has 1 atom stereocenters. The Morgan fingerprint density at radius 2 is 1.71 bits per heavy atom. The minimum absolute atomic E-state index is 0.0606. The third-order valence-corrected chi connectivity index (χ3v) is 6.35. The molecule has 2 aromatic heterocycles. The molecule has 0 spiro atoms. The fourth-order valence-corrected chi connectivity index (χ4v) is 4.33. The van der Waals surface area contributed by atoms with Crippen LogP contribution in [-0.2, 0) is 0 Å². The fraction of sp³-hybridized carbons (Fsp3) is 0.321. The first-order chi connectivity index (χ1) is 18.0. The molecule has 0 aliphatic heterocycles. The van der Waals surface area contributed by atoms with Gasteiger partial charge in [0.15, 0.2) is 0 Å². The van der Waals surface area contributed by atoms with Crippen molar-refractivity contribution in [3.8, 4) is 11.1 Å². The molecule has 7 nitrogen and oxygen atoms in total. The average Bonchev–Trinajstić information content (AvgIpc) is 2.85. The molecule has 200 valence electrons. The van der Waals surface area contributed by atoms with E-state index in [2.05, 4.69) is 20.6 Å². The van der Waals surface area contributed by atoms with Crippen molar-refractivity contribution in [3.05, 3.63) is 70.6 Å². The number of nitrogens with one attached hydrogen (secondary N) is 3. The summed E-state index contributed by atoms with van der Waals surface area (Å²) in [6.07, 6.45) is -3.06. The van der Waals surface area contributed by atoms with Crippen LogP contribution in [-0.4, -0.2) is 60.2 Å². The van der Waals surface area contributed by atoms with E-state index < -0.39 is 18.1 Å². The molecule has 1 amide bonds. The summed E-state index contributed by atoms with van der Waals surface area (Å²) >= 11 is 0. The Hall–Kier alpha value is -3.92. The van der Waals surface area contributed by atoms with Crippen LogP contribution in [0.5, 0.6) is 0 Å². The van der Waals surface area contributed by atoms with Crippen molar-refractivity contribution in [3.63, 3.8) is 0 Å². The highest BCUT2D eigenvalue weighted by atomic mass is 19.4. The summed E-state index contributed by atoms with van der Waals surface area (Å²) in [6.45, 7) is 4.23. The van der Waals surface area contributed by atoms with Gasteiger partial charge in [-0.15, -0.1) is 0 Å². The summed E-state index contributed by atoms with van der Waals surface area (Å²) in [5.41, 5.74) is 1.95. The minimum Gasteiger partial charge on any atom is -0.358 e. The van der Waals surface area contributed by atoms with Crippen LogP contribution in [0.3, 0.4) is 0 Å². The number of pyridine rings is 2. The molecule has 2 heterocycles. The molecule has 0 saturated carbocycles. The highest BCUT2D eigenvalue weighted by Crippen LogP contribution is 2.35. The molecule has 0 bridgehead atoms. The second-order valence-electron chi connectivity index (χ2n) is 9.83. The first kappa shape index (κ1) is 27.1. The van der Waals surface area contributed by atoms with Gasteiger partial charge >= 0.3 is 6.18 Å². The normalized spacial score (nSPS) is 12.9. The Balaban J connectivity index is 1.75. The van der Waals surface area contributed by atoms with Crippen molar-refractivity contribution in [1.82, 2.24) is 20.2 Å². The van der Waals surface area contributed by atoms with E-state index in [0.717, 1.165) is 17.7 Å². The molecule has 3 N–H and O–H groups in total. The Morgan fingerprint density at radius 1 is 1.03 bits per heavy atom. The van der Waals surface area contributed by atoms with Gasteiger partial charge in [0.2, 0.25) is 0 Å². The molecule has 0 aliphatic rings. The third kappa shape index (κ3) is 5.80. The molecule has 2 aromatic carbocycles. The zero-order chi connectivity index (χ0) is 27.6. The van der Waals surface area contributed by atoms with Crippen LogP contribution in [0.1, 0.15) is 24.2 Å². The summed E-state index contributed by atoms with van der Waals surface area (Å²) in [6, 6.07) is 12.0. The molecule has 10 heteroatoms. The molecule has 0 fully saturated rings. The van der Waals surface area contributed by atoms with Crippen molar-refractivity contribution in [2.75, 3.05) is 32.5 Å². The highest BCUT2D eigenvalue weighted by Gasteiger charge is 2.42. The standard InChI is InChI=1S/C28H30F3N5O2/c1-16(2)24(28(29,30)31)35-25-20-10-9-19(15-21(20)23-22(34-25)11-12-32-27(23)38)17-5-7-18(8-6-17)26(37)33-13-14-36(3)4/h5-12,15-16,24H,13-14H2,1-4H3,(H,32,38)(H,33,37)(H,34,35)/t24-/m1/s1. The van der Waals surface area contributed by atoms with Gasteiger partial charge in [-0.2, -0.15) is 13.2 Å². The zero-order valence-corrected chi connectivity index (χ0v) is 21.6. The van der Waals surface area contributed by atoms with Crippen LogP contribution in [0.15, 0.2) is 59.5 Å². The first-order valence-electron chi connectivity index (χ1n) is 12.3. The van der Waals surface area contributed by atoms with Crippen LogP contribution in [0.25, 0.3) is 32.8 Å². The number of nitrogens with zero attached hydrogens (tertiary/aromatic N) is 2. The molecular weight excluding hydrogens is 495 g/mol. The van der Waals surface area contributed by atoms with Gasteiger partial charge in [0.1, 0.15) is 11.9 Å². The van der Waals surface area contributed by atoms with E-state index in [-0.39, 0.29) is 22.8 Å². The number of carbonyl (C=O) groups is 1. The summed E-state index contributed by atoms with van der Waals surface area (Å²) in [4.78, 5) is 34.2. The predicted octanol–water partition coefficient (Wildman–Crippen LogP) is 5.03. The van der Waals surface area contributed by atoms with E-state index in [4.69, 9.17) is 0 Å². The summed E-state index contributed by atoms with van der Waals surface area (Å²) < 4.78 is 41.2. The number of benzene rings is 2. The van der Waals surface area contributed by atoms with Gasteiger partial charge in [0, 0.05) is 35.6 Å². The fourth-order valence-electron chi connectivity index (χ4n) is 4.33. The predicted molar refractivity (Wildman–Crippen MR) is 144 cm³/mol. The Bertz CT molecular complexity index is 1510. The monoisotopic (exact) mass is 525 g/mol. The van der Waals surface area contributed by atoms with Gasteiger partial charge in [0.25, 0.3) is 11.5 Å². The maximum atomic E-state index is 13.7. The van der Waals surface area contributed by atoms with E-state index in [1.807, 2.05) is 19.0 Å². The molecule has 0 unspecified atom stereocenters. The molecular formula is C28H30F3N5O2. The van der Waals surface area contributed by atoms with E-state index >= 15 is 0 Å². The minimum atomic E-state index is -4.48. The lowest BCUT2D eigenvalue weighted by atomic mass is 9.98. The van der Waals surface area contributed by atoms with Crippen molar-refractivity contribution in [1.29, 1.82) is 0 Å². The highest BCUT2D eigenvalue weighted by molar-refractivity contribution is 6.11. The number of rotatable bonds is 8. The SMILES string of the molecule is CC(C)[C@@H](Nc1nc2cc[nH]c(=O)c2c2cc(-c3ccc(C(=O)NCCN(C)C)cc3)ccc12)C(F)(F)F. The van der Waals surface area contributed by atoms with Crippen molar-refractivity contribution < 1.29 is 18.0 Å². The number of aromatic nitrogens is 2. The van der Waals surface area contributed by atoms with Crippen LogP contribution < -0.4 is 16.2 Å². The first-order valence-corrected chi connectivity index (χ1v) is 12.3. The smallest absolute Gasteiger partial charge is 0.358 e. The third-order valence-electron chi connectivity index (χ3n) is 6.35. The number of amides is 1. The van der Waals surface area contributed by atoms with Crippen LogP contribution in [0, 0.1) is 5.92 Å². The van der Waals surface area contributed by atoms with Crippen LogP contribution >= 0.6 is 0 Å².